The maximum Gasteiger partial charge on any atom is 0.145 e. The number of benzene rings is 8. The SMILES string of the molecule is CC1(C)c2ccccc2-c2ccc(-c3ccc4c5c6oc7ccccc7c6ccc5n(-c5ccc(N(c6ccccc6)c6ccccc6)cc5)c4c3)cc21. The lowest BCUT2D eigenvalue weighted by Crippen LogP contribution is -2.14. The van der Waals surface area contributed by atoms with E-state index in [0.29, 0.717) is 0 Å². The molecule has 1 aliphatic carbocycles. The number of aromatic nitrogens is 1. The van der Waals surface area contributed by atoms with Crippen LogP contribution in [-0.2, 0) is 5.41 Å². The minimum atomic E-state index is -0.0665. The maximum absolute atomic E-state index is 6.67. The third-order valence-corrected chi connectivity index (χ3v) is 11.6. The van der Waals surface area contributed by atoms with E-state index in [4.69, 9.17) is 4.42 Å². The van der Waals surface area contributed by atoms with Crippen LogP contribution < -0.4 is 4.90 Å². The van der Waals surface area contributed by atoms with Crippen molar-refractivity contribution >= 4 is 60.8 Å². The van der Waals surface area contributed by atoms with Crippen molar-refractivity contribution in [2.75, 3.05) is 4.90 Å². The minimum absolute atomic E-state index is 0.0665. The second-order valence-electron chi connectivity index (χ2n) is 15.0. The second-order valence-corrected chi connectivity index (χ2v) is 15.0. The Labute approximate surface area is 314 Å². The molecule has 0 radical (unpaired) electrons. The molecule has 54 heavy (non-hydrogen) atoms. The lowest BCUT2D eigenvalue weighted by molar-refractivity contribution is 0.660. The molecule has 0 fully saturated rings. The van der Waals surface area contributed by atoms with E-state index >= 15 is 0 Å². The zero-order chi connectivity index (χ0) is 36.0. The van der Waals surface area contributed by atoms with Gasteiger partial charge in [-0.2, -0.15) is 0 Å². The van der Waals surface area contributed by atoms with Crippen LogP contribution in [0.25, 0.3) is 71.7 Å². The second kappa shape index (κ2) is 11.6. The molecule has 0 atom stereocenters. The van der Waals surface area contributed by atoms with Gasteiger partial charge in [0.05, 0.1) is 16.4 Å². The van der Waals surface area contributed by atoms with E-state index in [0.717, 1.165) is 61.1 Å². The van der Waals surface area contributed by atoms with Crippen molar-refractivity contribution in [3.8, 4) is 27.9 Å². The van der Waals surface area contributed by atoms with E-state index in [9.17, 15) is 0 Å². The van der Waals surface area contributed by atoms with Crippen molar-refractivity contribution < 1.29 is 4.42 Å². The standard InChI is InChI=1S/C51H36N2O/c1-51(2)44-19-11-9-17-39(44)40-27-21-33(31-45(40)51)34-22-28-43-47(32-34)53(46-30-29-42-41-18-10-12-20-48(41)54-50(42)49(43)46)38-25-23-37(24-26-38)52(35-13-5-3-6-14-35)36-15-7-4-8-16-36/h3-32H,1-2H3. The first kappa shape index (κ1) is 30.8. The van der Waals surface area contributed by atoms with Gasteiger partial charge in [-0.05, 0) is 112 Å². The van der Waals surface area contributed by atoms with Crippen molar-refractivity contribution in [2.45, 2.75) is 19.3 Å². The van der Waals surface area contributed by atoms with E-state index in [1.54, 1.807) is 0 Å². The Kier molecular flexibility index (Phi) is 6.60. The number of rotatable bonds is 5. The van der Waals surface area contributed by atoms with E-state index in [-0.39, 0.29) is 5.41 Å². The van der Waals surface area contributed by atoms with Gasteiger partial charge in [-0.15, -0.1) is 0 Å². The molecule has 256 valence electrons. The molecule has 0 N–H and O–H groups in total. The quantitative estimate of drug-likeness (QED) is 0.179. The van der Waals surface area contributed by atoms with Crippen LogP contribution in [0.4, 0.5) is 17.1 Å². The van der Waals surface area contributed by atoms with Gasteiger partial charge in [0.2, 0.25) is 0 Å². The first-order chi connectivity index (χ1) is 26.5. The molecular weight excluding hydrogens is 657 g/mol. The molecule has 0 spiro atoms. The molecule has 2 aromatic heterocycles. The average Bonchev–Trinajstić information content (AvgIpc) is 3.84. The zero-order valence-corrected chi connectivity index (χ0v) is 30.1. The number of hydrogen-bond donors (Lipinski definition) is 0. The van der Waals surface area contributed by atoms with Gasteiger partial charge in [0.1, 0.15) is 11.2 Å². The fourth-order valence-electron chi connectivity index (χ4n) is 8.98. The van der Waals surface area contributed by atoms with E-state index < -0.39 is 0 Å². The fraction of sp³-hybridized carbons (Fsp3) is 0.0588. The van der Waals surface area contributed by atoms with Crippen LogP contribution in [0, 0.1) is 0 Å². The highest BCUT2D eigenvalue weighted by atomic mass is 16.3. The van der Waals surface area contributed by atoms with Crippen LogP contribution in [0.1, 0.15) is 25.0 Å². The normalized spacial score (nSPS) is 13.1. The molecule has 3 nitrogen and oxygen atoms in total. The largest absolute Gasteiger partial charge is 0.455 e. The van der Waals surface area contributed by atoms with Crippen molar-refractivity contribution in [1.82, 2.24) is 4.57 Å². The third-order valence-electron chi connectivity index (χ3n) is 11.6. The predicted octanol–water partition coefficient (Wildman–Crippen LogP) is 14.1. The van der Waals surface area contributed by atoms with Gasteiger partial charge in [-0.3, -0.25) is 0 Å². The molecule has 10 aromatic rings. The highest BCUT2D eigenvalue weighted by molar-refractivity contribution is 6.24. The lowest BCUT2D eigenvalue weighted by Gasteiger charge is -2.25. The number of anilines is 3. The Morgan fingerprint density at radius 3 is 1.85 bits per heavy atom. The summed E-state index contributed by atoms with van der Waals surface area (Å²) in [6.07, 6.45) is 0. The summed E-state index contributed by atoms with van der Waals surface area (Å²) in [5.41, 5.74) is 16.3. The molecule has 0 saturated carbocycles. The molecule has 0 saturated heterocycles. The summed E-state index contributed by atoms with van der Waals surface area (Å²) in [6, 6.07) is 65.8. The highest BCUT2D eigenvalue weighted by Crippen LogP contribution is 2.50. The van der Waals surface area contributed by atoms with Crippen molar-refractivity contribution in [3.05, 3.63) is 193 Å². The van der Waals surface area contributed by atoms with Gasteiger partial charge in [0.25, 0.3) is 0 Å². The van der Waals surface area contributed by atoms with Crippen molar-refractivity contribution in [1.29, 1.82) is 0 Å². The van der Waals surface area contributed by atoms with Crippen LogP contribution >= 0.6 is 0 Å². The summed E-state index contributed by atoms with van der Waals surface area (Å²) >= 11 is 0. The Balaban J connectivity index is 1.12. The monoisotopic (exact) mass is 692 g/mol. The average molecular weight is 693 g/mol. The topological polar surface area (TPSA) is 21.3 Å². The Morgan fingerprint density at radius 1 is 0.463 bits per heavy atom. The summed E-state index contributed by atoms with van der Waals surface area (Å²) in [6.45, 7) is 4.70. The zero-order valence-electron chi connectivity index (χ0n) is 30.1. The summed E-state index contributed by atoms with van der Waals surface area (Å²) in [5.74, 6) is 0. The molecule has 0 aliphatic heterocycles. The van der Waals surface area contributed by atoms with Crippen LogP contribution in [0.5, 0.6) is 0 Å². The summed E-state index contributed by atoms with van der Waals surface area (Å²) in [4.78, 5) is 2.30. The van der Waals surface area contributed by atoms with Gasteiger partial charge in [0.15, 0.2) is 0 Å². The summed E-state index contributed by atoms with van der Waals surface area (Å²) < 4.78 is 9.08. The molecular formula is C51H36N2O. The van der Waals surface area contributed by atoms with Crippen molar-refractivity contribution in [2.24, 2.45) is 0 Å². The van der Waals surface area contributed by atoms with Gasteiger partial charge in [-0.25, -0.2) is 0 Å². The fourth-order valence-corrected chi connectivity index (χ4v) is 8.98. The molecule has 2 heterocycles. The Morgan fingerprint density at radius 2 is 1.07 bits per heavy atom. The van der Waals surface area contributed by atoms with E-state index in [1.165, 1.54) is 38.8 Å². The lowest BCUT2D eigenvalue weighted by atomic mass is 9.81. The van der Waals surface area contributed by atoms with Crippen LogP contribution in [-0.4, -0.2) is 4.57 Å². The van der Waals surface area contributed by atoms with Crippen LogP contribution in [0.2, 0.25) is 0 Å². The molecule has 0 unspecified atom stereocenters. The smallest absolute Gasteiger partial charge is 0.145 e. The number of fused-ring (bicyclic) bond motifs is 10. The van der Waals surface area contributed by atoms with Gasteiger partial charge < -0.3 is 13.9 Å². The number of hydrogen-bond acceptors (Lipinski definition) is 2. The maximum atomic E-state index is 6.67. The third kappa shape index (κ3) is 4.48. The molecule has 0 amide bonds. The van der Waals surface area contributed by atoms with E-state index in [2.05, 4.69) is 199 Å². The van der Waals surface area contributed by atoms with Crippen LogP contribution in [0.3, 0.4) is 0 Å². The Bertz CT molecular complexity index is 3020. The van der Waals surface area contributed by atoms with Gasteiger partial charge in [0, 0.05) is 44.3 Å². The molecule has 0 bridgehead atoms. The highest BCUT2D eigenvalue weighted by Gasteiger charge is 2.35. The van der Waals surface area contributed by atoms with Gasteiger partial charge >= 0.3 is 0 Å². The van der Waals surface area contributed by atoms with E-state index in [1.807, 2.05) is 6.07 Å². The molecule has 8 aromatic carbocycles. The molecule has 3 heteroatoms. The summed E-state index contributed by atoms with van der Waals surface area (Å²) in [5, 5.41) is 4.58. The number of nitrogens with zero attached hydrogens (tertiary/aromatic N) is 2. The first-order valence-electron chi connectivity index (χ1n) is 18.7. The minimum Gasteiger partial charge on any atom is -0.455 e. The van der Waals surface area contributed by atoms with Gasteiger partial charge in [-0.1, -0.05) is 117 Å². The molecule has 1 aliphatic rings. The number of furan rings is 1. The summed E-state index contributed by atoms with van der Waals surface area (Å²) in [7, 11) is 0. The Hall–Kier alpha value is -6.84. The number of para-hydroxylation sites is 3. The predicted molar refractivity (Wildman–Crippen MR) is 226 cm³/mol. The van der Waals surface area contributed by atoms with Crippen LogP contribution in [0.15, 0.2) is 186 Å². The van der Waals surface area contributed by atoms with Crippen molar-refractivity contribution in [3.63, 3.8) is 0 Å². The molecule has 11 rings (SSSR count). The first-order valence-corrected chi connectivity index (χ1v) is 18.7.